The molecule has 0 spiro atoms. The lowest BCUT2D eigenvalue weighted by Crippen LogP contribution is -2.44. The van der Waals surface area contributed by atoms with Crippen molar-refractivity contribution in [1.29, 1.82) is 0 Å². The molecule has 2 heterocycles. The number of rotatable bonds is 10. The van der Waals surface area contributed by atoms with Crippen molar-refractivity contribution in [2.45, 2.75) is 30.2 Å². The Kier molecular flexibility index (Phi) is 8.94. The molecule has 1 aliphatic rings. The van der Waals surface area contributed by atoms with Gasteiger partial charge in [-0.25, -0.2) is 13.2 Å². The number of carboxylic acid groups (broad SMARTS) is 1. The van der Waals surface area contributed by atoms with E-state index in [0.29, 0.717) is 66.9 Å². The standard InChI is InChI=1S/C27H30F3N3O3S/c1-36-18-4-7-24-19(13-18)26(22(30)14-32-24)23(31)6-2-16-8-9-33(15-20(16)27(34)35)10-11-37-25-12-17(28)3-5-21(25)29/h3-5,7,12-14,16,20,23H,2,6,8-11,15,31H2,1H3,(H,34,35)/t16?,20?,23-/m1/s1. The molecule has 0 amide bonds. The molecular weight excluding hydrogens is 503 g/mol. The third-order valence-corrected chi connectivity index (χ3v) is 8.01. The van der Waals surface area contributed by atoms with Crippen molar-refractivity contribution >= 4 is 28.6 Å². The Morgan fingerprint density at radius 3 is 2.81 bits per heavy atom. The van der Waals surface area contributed by atoms with Crippen LogP contribution in [-0.2, 0) is 4.79 Å². The number of piperidine rings is 1. The van der Waals surface area contributed by atoms with E-state index in [1.165, 1.54) is 24.9 Å². The van der Waals surface area contributed by atoms with E-state index >= 15 is 0 Å². The number of likely N-dealkylation sites (tertiary alicyclic amines) is 1. The molecule has 2 unspecified atom stereocenters. The van der Waals surface area contributed by atoms with Crippen molar-refractivity contribution in [1.82, 2.24) is 9.88 Å². The van der Waals surface area contributed by atoms with E-state index in [1.54, 1.807) is 18.2 Å². The number of aromatic nitrogens is 1. The summed E-state index contributed by atoms with van der Waals surface area (Å²) in [6.45, 7) is 1.62. The summed E-state index contributed by atoms with van der Waals surface area (Å²) in [5, 5.41) is 10.5. The number of carbonyl (C=O) groups is 1. The molecule has 3 aromatic rings. The minimum atomic E-state index is -0.877. The van der Waals surface area contributed by atoms with Crippen molar-refractivity contribution in [3.8, 4) is 5.75 Å². The Morgan fingerprint density at radius 2 is 2.05 bits per heavy atom. The van der Waals surface area contributed by atoms with Gasteiger partial charge in [0.25, 0.3) is 0 Å². The average Bonchev–Trinajstić information content (AvgIpc) is 2.89. The van der Waals surface area contributed by atoms with Crippen LogP contribution in [0.25, 0.3) is 10.9 Å². The van der Waals surface area contributed by atoms with Crippen molar-refractivity contribution < 1.29 is 27.8 Å². The maximum atomic E-state index is 14.8. The summed E-state index contributed by atoms with van der Waals surface area (Å²) < 4.78 is 47.3. The van der Waals surface area contributed by atoms with Gasteiger partial charge in [-0.15, -0.1) is 11.8 Å². The number of methoxy groups -OCH3 is 1. The van der Waals surface area contributed by atoms with E-state index in [4.69, 9.17) is 10.5 Å². The molecule has 10 heteroatoms. The zero-order chi connectivity index (χ0) is 26.5. The fourth-order valence-electron chi connectivity index (χ4n) is 4.98. The first-order valence-electron chi connectivity index (χ1n) is 12.2. The summed E-state index contributed by atoms with van der Waals surface area (Å²) in [4.78, 5) is 18.5. The number of nitrogens with two attached hydrogens (primary N) is 1. The molecule has 1 fully saturated rings. The van der Waals surface area contributed by atoms with Crippen molar-refractivity contribution in [3.63, 3.8) is 0 Å². The van der Waals surface area contributed by atoms with Gasteiger partial charge < -0.3 is 20.5 Å². The molecule has 6 nitrogen and oxygen atoms in total. The molecule has 2 aromatic carbocycles. The quantitative estimate of drug-likeness (QED) is 0.344. The normalized spacial score (nSPS) is 19.2. The number of halogens is 3. The second-order valence-electron chi connectivity index (χ2n) is 9.30. The summed E-state index contributed by atoms with van der Waals surface area (Å²) in [5.41, 5.74) is 7.40. The second-order valence-corrected chi connectivity index (χ2v) is 10.4. The molecular formula is C27H30F3N3O3S. The van der Waals surface area contributed by atoms with Crippen LogP contribution in [-0.4, -0.2) is 53.5 Å². The van der Waals surface area contributed by atoms with Crippen LogP contribution >= 0.6 is 11.8 Å². The van der Waals surface area contributed by atoms with E-state index in [-0.39, 0.29) is 10.8 Å². The summed E-state index contributed by atoms with van der Waals surface area (Å²) >= 11 is 1.21. The molecule has 3 atom stereocenters. The van der Waals surface area contributed by atoms with E-state index in [2.05, 4.69) is 4.98 Å². The minimum absolute atomic E-state index is 0.0983. The molecule has 198 valence electrons. The Balaban J connectivity index is 1.36. The number of hydrogen-bond donors (Lipinski definition) is 2. The Morgan fingerprint density at radius 1 is 1.24 bits per heavy atom. The Labute approximate surface area is 218 Å². The van der Waals surface area contributed by atoms with Crippen LogP contribution in [0, 0.1) is 29.3 Å². The third kappa shape index (κ3) is 6.55. The highest BCUT2D eigenvalue weighted by Crippen LogP contribution is 2.34. The number of pyridine rings is 1. The fourth-order valence-corrected chi connectivity index (χ4v) is 5.95. The largest absolute Gasteiger partial charge is 0.497 e. The number of hydrogen-bond acceptors (Lipinski definition) is 6. The van der Waals surface area contributed by atoms with Crippen LogP contribution in [0.3, 0.4) is 0 Å². The molecule has 1 saturated heterocycles. The predicted octanol–water partition coefficient (Wildman–Crippen LogP) is 5.26. The van der Waals surface area contributed by atoms with Crippen LogP contribution in [0.5, 0.6) is 5.75 Å². The Bertz CT molecular complexity index is 1260. The molecule has 37 heavy (non-hydrogen) atoms. The summed E-state index contributed by atoms with van der Waals surface area (Å²) in [6.07, 6.45) is 2.80. The lowest BCUT2D eigenvalue weighted by atomic mass is 9.81. The minimum Gasteiger partial charge on any atom is -0.497 e. The Hall–Kier alpha value is -2.82. The highest BCUT2D eigenvalue weighted by atomic mass is 32.2. The molecule has 4 rings (SSSR count). The number of fused-ring (bicyclic) bond motifs is 1. The smallest absolute Gasteiger partial charge is 0.308 e. The van der Waals surface area contributed by atoms with Gasteiger partial charge >= 0.3 is 5.97 Å². The number of thioether (sulfide) groups is 1. The monoisotopic (exact) mass is 533 g/mol. The maximum absolute atomic E-state index is 14.8. The van der Waals surface area contributed by atoms with E-state index in [9.17, 15) is 23.1 Å². The first-order valence-corrected chi connectivity index (χ1v) is 13.2. The van der Waals surface area contributed by atoms with Gasteiger partial charge in [0.05, 0.1) is 24.7 Å². The summed E-state index contributed by atoms with van der Waals surface area (Å²) in [6, 6.07) is 7.94. The van der Waals surface area contributed by atoms with Gasteiger partial charge in [0.15, 0.2) is 0 Å². The lowest BCUT2D eigenvalue weighted by molar-refractivity contribution is -0.146. The lowest BCUT2D eigenvalue weighted by Gasteiger charge is -2.37. The molecule has 1 aliphatic heterocycles. The zero-order valence-corrected chi connectivity index (χ0v) is 21.3. The first kappa shape index (κ1) is 27.2. The molecule has 0 radical (unpaired) electrons. The van der Waals surface area contributed by atoms with Crippen molar-refractivity contribution in [3.05, 3.63) is 65.6 Å². The van der Waals surface area contributed by atoms with Gasteiger partial charge in [-0.2, -0.15) is 0 Å². The van der Waals surface area contributed by atoms with Crippen LogP contribution in [0.15, 0.2) is 47.5 Å². The number of nitrogens with zero attached hydrogens (tertiary/aromatic N) is 2. The predicted molar refractivity (Wildman–Crippen MR) is 137 cm³/mol. The van der Waals surface area contributed by atoms with E-state index in [0.717, 1.165) is 18.3 Å². The van der Waals surface area contributed by atoms with Crippen LogP contribution in [0.2, 0.25) is 0 Å². The van der Waals surface area contributed by atoms with Crippen molar-refractivity contribution in [2.24, 2.45) is 17.6 Å². The van der Waals surface area contributed by atoms with Gasteiger partial charge in [0.2, 0.25) is 0 Å². The highest BCUT2D eigenvalue weighted by molar-refractivity contribution is 7.99. The van der Waals surface area contributed by atoms with Gasteiger partial charge in [0.1, 0.15) is 23.2 Å². The van der Waals surface area contributed by atoms with Gasteiger partial charge in [-0.05, 0) is 68.1 Å². The topological polar surface area (TPSA) is 88.7 Å². The fraction of sp³-hybridized carbons (Fsp3) is 0.407. The molecule has 3 N–H and O–H groups in total. The highest BCUT2D eigenvalue weighted by Gasteiger charge is 2.34. The maximum Gasteiger partial charge on any atom is 0.308 e. The van der Waals surface area contributed by atoms with Gasteiger partial charge in [-0.1, -0.05) is 0 Å². The number of aliphatic carboxylic acids is 1. The second kappa shape index (κ2) is 12.1. The number of carboxylic acids is 1. The first-order chi connectivity index (χ1) is 17.8. The summed E-state index contributed by atoms with van der Waals surface area (Å²) in [5.74, 6) is -1.93. The van der Waals surface area contributed by atoms with Crippen molar-refractivity contribution in [2.75, 3.05) is 32.5 Å². The van der Waals surface area contributed by atoms with E-state index < -0.39 is 35.4 Å². The molecule has 0 bridgehead atoms. The number of benzene rings is 2. The average molecular weight is 534 g/mol. The van der Waals surface area contributed by atoms with Crippen LogP contribution in [0.4, 0.5) is 13.2 Å². The molecule has 0 aliphatic carbocycles. The summed E-state index contributed by atoms with van der Waals surface area (Å²) in [7, 11) is 1.53. The zero-order valence-electron chi connectivity index (χ0n) is 20.5. The van der Waals surface area contributed by atoms with Gasteiger partial charge in [-0.3, -0.25) is 9.78 Å². The van der Waals surface area contributed by atoms with Gasteiger partial charge in [0, 0.05) is 40.7 Å². The SMILES string of the molecule is COc1ccc2ncc(F)c([C@H](N)CCC3CCN(CCSc4cc(F)ccc4F)CC3C(=O)O)c2c1. The molecule has 1 aromatic heterocycles. The number of ether oxygens (including phenoxy) is 1. The third-order valence-electron chi connectivity index (χ3n) is 7.00. The van der Waals surface area contributed by atoms with E-state index in [1.807, 2.05) is 4.90 Å². The van der Waals surface area contributed by atoms with Crippen LogP contribution < -0.4 is 10.5 Å². The molecule has 0 saturated carbocycles. The van der Waals surface area contributed by atoms with Crippen LogP contribution in [0.1, 0.15) is 30.9 Å².